The van der Waals surface area contributed by atoms with Crippen LogP contribution in [0.5, 0.6) is 0 Å². The number of aromatic nitrogens is 1. The number of nitrogens with zero attached hydrogens (tertiary/aromatic N) is 2. The van der Waals surface area contributed by atoms with Crippen LogP contribution < -0.4 is 0 Å². The molecule has 0 radical (unpaired) electrons. The number of hydrogen-bond donors (Lipinski definition) is 0. The van der Waals surface area contributed by atoms with Gasteiger partial charge in [-0.3, -0.25) is 4.79 Å². The third-order valence-electron chi connectivity index (χ3n) is 4.79. The van der Waals surface area contributed by atoms with Gasteiger partial charge in [0, 0.05) is 18.7 Å². The van der Waals surface area contributed by atoms with Crippen molar-refractivity contribution in [2.45, 2.75) is 31.7 Å². The molecule has 128 valence electrons. The van der Waals surface area contributed by atoms with Crippen LogP contribution >= 0.6 is 11.3 Å². The molecule has 4 rings (SSSR count). The topological polar surface area (TPSA) is 46.3 Å². The van der Waals surface area contributed by atoms with Crippen molar-refractivity contribution in [1.82, 2.24) is 9.88 Å². The number of hydrogen-bond acceptors (Lipinski definition) is 4. The molecule has 1 amide bonds. The molecule has 0 unspecified atom stereocenters. The highest BCUT2D eigenvalue weighted by Crippen LogP contribution is 2.35. The van der Waals surface area contributed by atoms with Crippen LogP contribution in [0, 0.1) is 0 Å². The highest BCUT2D eigenvalue weighted by Gasteiger charge is 2.28. The van der Waals surface area contributed by atoms with Crippen molar-refractivity contribution in [1.29, 1.82) is 0 Å². The first-order chi connectivity index (χ1) is 12.2. The lowest BCUT2D eigenvalue weighted by Crippen LogP contribution is -2.35. The van der Waals surface area contributed by atoms with Gasteiger partial charge in [0.25, 0.3) is 5.91 Å². The molecular weight excluding hydrogens is 332 g/mol. The molecule has 1 aromatic carbocycles. The van der Waals surface area contributed by atoms with Gasteiger partial charge in [0.15, 0.2) is 10.8 Å². The highest BCUT2D eigenvalue weighted by atomic mass is 32.1. The summed E-state index contributed by atoms with van der Waals surface area (Å²) in [6.45, 7) is 0. The fourth-order valence-corrected chi connectivity index (χ4v) is 4.42. The van der Waals surface area contributed by atoms with E-state index in [0.29, 0.717) is 16.7 Å². The van der Waals surface area contributed by atoms with Gasteiger partial charge in [-0.25, -0.2) is 4.98 Å². The summed E-state index contributed by atoms with van der Waals surface area (Å²) in [7, 11) is 1.92. The molecule has 1 saturated carbocycles. The standard InChI is InChI=1S/C20H20N2O2S/c1-22(15-10-5-6-11-15)20(23)18-17(14-8-3-2-4-9-14)21-19(25-18)16-12-7-13-24-16/h2-4,7-9,12-13,15H,5-6,10-11H2,1H3. The molecule has 5 heteroatoms. The van der Waals surface area contributed by atoms with Gasteiger partial charge in [-0.2, -0.15) is 0 Å². The van der Waals surface area contributed by atoms with Crippen molar-refractivity contribution in [3.05, 3.63) is 53.6 Å². The zero-order valence-corrected chi connectivity index (χ0v) is 15.0. The Labute approximate surface area is 151 Å². The summed E-state index contributed by atoms with van der Waals surface area (Å²) < 4.78 is 5.49. The Morgan fingerprint density at radius 2 is 1.92 bits per heavy atom. The first-order valence-corrected chi connectivity index (χ1v) is 9.43. The lowest BCUT2D eigenvalue weighted by molar-refractivity contribution is 0.0740. The summed E-state index contributed by atoms with van der Waals surface area (Å²) in [6, 6.07) is 13.9. The number of amides is 1. The number of carbonyl (C=O) groups excluding carboxylic acids is 1. The molecule has 1 fully saturated rings. The molecule has 2 aromatic heterocycles. The normalized spacial score (nSPS) is 14.8. The molecular formula is C20H20N2O2S. The third kappa shape index (κ3) is 3.12. The average Bonchev–Trinajstić information content (AvgIpc) is 3.42. The first-order valence-electron chi connectivity index (χ1n) is 8.61. The fraction of sp³-hybridized carbons (Fsp3) is 0.300. The second-order valence-corrected chi connectivity index (χ2v) is 7.39. The van der Waals surface area contributed by atoms with E-state index < -0.39 is 0 Å². The Balaban J connectivity index is 1.75. The first kappa shape index (κ1) is 16.1. The van der Waals surface area contributed by atoms with Gasteiger partial charge in [-0.15, -0.1) is 11.3 Å². The van der Waals surface area contributed by atoms with Gasteiger partial charge < -0.3 is 9.32 Å². The van der Waals surface area contributed by atoms with E-state index in [9.17, 15) is 4.79 Å². The maximum Gasteiger partial charge on any atom is 0.266 e. The van der Waals surface area contributed by atoms with Gasteiger partial charge >= 0.3 is 0 Å². The second-order valence-electron chi connectivity index (χ2n) is 6.39. The molecule has 0 N–H and O–H groups in total. The molecule has 2 heterocycles. The molecule has 0 atom stereocenters. The molecule has 0 bridgehead atoms. The van der Waals surface area contributed by atoms with Crippen LogP contribution in [0.3, 0.4) is 0 Å². The van der Waals surface area contributed by atoms with Crippen molar-refractivity contribution in [2.75, 3.05) is 7.05 Å². The summed E-state index contributed by atoms with van der Waals surface area (Å²) in [6.07, 6.45) is 6.22. The molecule has 3 aromatic rings. The van der Waals surface area contributed by atoms with Crippen molar-refractivity contribution in [2.24, 2.45) is 0 Å². The maximum absolute atomic E-state index is 13.2. The van der Waals surface area contributed by atoms with Gasteiger partial charge in [0.05, 0.1) is 12.0 Å². The van der Waals surface area contributed by atoms with Gasteiger partial charge in [-0.1, -0.05) is 43.2 Å². The van der Waals surface area contributed by atoms with Gasteiger partial charge in [0.2, 0.25) is 0 Å². The summed E-state index contributed by atoms with van der Waals surface area (Å²) in [4.78, 5) is 20.5. The number of benzene rings is 1. The fourth-order valence-electron chi connectivity index (χ4n) is 3.38. The monoisotopic (exact) mass is 352 g/mol. The summed E-state index contributed by atoms with van der Waals surface area (Å²) in [5, 5.41) is 0.743. The van der Waals surface area contributed by atoms with E-state index in [2.05, 4.69) is 0 Å². The van der Waals surface area contributed by atoms with E-state index in [1.54, 1.807) is 6.26 Å². The van der Waals surface area contributed by atoms with Crippen LogP contribution in [0.25, 0.3) is 22.0 Å². The second kappa shape index (κ2) is 6.84. The Kier molecular flexibility index (Phi) is 4.40. The van der Waals surface area contributed by atoms with Crippen LogP contribution in [0.4, 0.5) is 0 Å². The van der Waals surface area contributed by atoms with Crippen LogP contribution in [0.15, 0.2) is 53.1 Å². The third-order valence-corrected chi connectivity index (χ3v) is 5.85. The zero-order chi connectivity index (χ0) is 17.2. The smallest absolute Gasteiger partial charge is 0.266 e. The minimum Gasteiger partial charge on any atom is -0.462 e. The lowest BCUT2D eigenvalue weighted by Gasteiger charge is -2.24. The summed E-state index contributed by atoms with van der Waals surface area (Å²) in [5.41, 5.74) is 1.70. The van der Waals surface area contributed by atoms with E-state index in [1.807, 2.05) is 54.4 Å². The Morgan fingerprint density at radius 1 is 1.16 bits per heavy atom. The van der Waals surface area contributed by atoms with Crippen molar-refractivity contribution < 1.29 is 9.21 Å². The SMILES string of the molecule is CN(C(=O)c1sc(-c2ccco2)nc1-c1ccccc1)C1CCCC1. The van der Waals surface area contributed by atoms with Crippen LogP contribution in [0.2, 0.25) is 0 Å². The molecule has 1 aliphatic carbocycles. The van der Waals surface area contributed by atoms with E-state index in [4.69, 9.17) is 9.40 Å². The van der Waals surface area contributed by atoms with E-state index in [-0.39, 0.29) is 5.91 Å². The van der Waals surface area contributed by atoms with Crippen molar-refractivity contribution in [3.8, 4) is 22.0 Å². The largest absolute Gasteiger partial charge is 0.462 e. The number of thiazole rings is 1. The molecule has 1 aliphatic rings. The molecule has 4 nitrogen and oxygen atoms in total. The molecule has 0 saturated heterocycles. The Bertz CT molecular complexity index is 849. The summed E-state index contributed by atoms with van der Waals surface area (Å²) >= 11 is 1.41. The van der Waals surface area contributed by atoms with E-state index in [0.717, 1.165) is 29.1 Å². The van der Waals surface area contributed by atoms with Crippen LogP contribution in [-0.4, -0.2) is 28.9 Å². The van der Waals surface area contributed by atoms with Crippen LogP contribution in [-0.2, 0) is 0 Å². The quantitative estimate of drug-likeness (QED) is 0.657. The van der Waals surface area contributed by atoms with Gasteiger partial charge in [-0.05, 0) is 25.0 Å². The van der Waals surface area contributed by atoms with Crippen molar-refractivity contribution >= 4 is 17.2 Å². The lowest BCUT2D eigenvalue weighted by atomic mass is 10.1. The summed E-state index contributed by atoms with van der Waals surface area (Å²) in [5.74, 6) is 0.755. The average molecular weight is 352 g/mol. The minimum atomic E-state index is 0.0565. The molecule has 0 aliphatic heterocycles. The van der Waals surface area contributed by atoms with Gasteiger partial charge in [0.1, 0.15) is 4.88 Å². The predicted molar refractivity (Wildman–Crippen MR) is 99.6 cm³/mol. The number of furan rings is 1. The minimum absolute atomic E-state index is 0.0565. The molecule has 0 spiro atoms. The predicted octanol–water partition coefficient (Wildman–Crippen LogP) is 5.08. The van der Waals surface area contributed by atoms with Crippen LogP contribution in [0.1, 0.15) is 35.4 Å². The Morgan fingerprint density at radius 3 is 2.60 bits per heavy atom. The van der Waals surface area contributed by atoms with E-state index in [1.165, 1.54) is 24.2 Å². The number of rotatable bonds is 4. The zero-order valence-electron chi connectivity index (χ0n) is 14.1. The number of carbonyl (C=O) groups is 1. The maximum atomic E-state index is 13.2. The van der Waals surface area contributed by atoms with Crippen molar-refractivity contribution in [3.63, 3.8) is 0 Å². The Hall–Kier alpha value is -2.40. The molecule has 25 heavy (non-hydrogen) atoms. The van der Waals surface area contributed by atoms with E-state index >= 15 is 0 Å². The highest BCUT2D eigenvalue weighted by molar-refractivity contribution is 7.17.